The fourth-order valence-electron chi connectivity index (χ4n) is 5.73. The quantitative estimate of drug-likeness (QED) is 0.323. The lowest BCUT2D eigenvalue weighted by Gasteiger charge is -2.35. The molecule has 0 saturated carbocycles. The summed E-state index contributed by atoms with van der Waals surface area (Å²) in [4.78, 5) is 51.1. The van der Waals surface area contributed by atoms with E-state index in [2.05, 4.69) is 56.2 Å². The van der Waals surface area contributed by atoms with Crippen LogP contribution in [-0.4, -0.2) is 92.2 Å². The van der Waals surface area contributed by atoms with E-state index in [0.717, 1.165) is 42.8 Å². The normalized spacial score (nSPS) is 14.0. The minimum atomic E-state index is -0.324. The van der Waals surface area contributed by atoms with E-state index in [4.69, 9.17) is 4.98 Å². The van der Waals surface area contributed by atoms with E-state index >= 15 is 0 Å². The van der Waals surface area contributed by atoms with Crippen LogP contribution in [0.5, 0.6) is 0 Å². The molecule has 0 radical (unpaired) electrons. The average Bonchev–Trinajstić information content (AvgIpc) is 3.36. The molecule has 1 aliphatic heterocycles. The molecule has 0 bridgehead atoms. The highest BCUT2D eigenvalue weighted by Gasteiger charge is 2.20. The Labute approximate surface area is 253 Å². The van der Waals surface area contributed by atoms with Crippen molar-refractivity contribution in [3.05, 3.63) is 88.5 Å². The monoisotopic (exact) mass is 588 g/mol. The molecule has 0 aliphatic carbocycles. The molecule has 44 heavy (non-hydrogen) atoms. The summed E-state index contributed by atoms with van der Waals surface area (Å²) in [5, 5.41) is 4.33. The number of likely N-dealkylation sites (N-methyl/N-ethyl adjacent to an activating group) is 1. The first-order chi connectivity index (χ1) is 21.3. The molecule has 1 saturated heterocycles. The van der Waals surface area contributed by atoms with Crippen molar-refractivity contribution in [2.45, 2.75) is 6.92 Å². The van der Waals surface area contributed by atoms with Crippen LogP contribution in [0.2, 0.25) is 0 Å². The molecule has 0 unspecified atom stereocenters. The Kier molecular flexibility index (Phi) is 6.70. The maximum atomic E-state index is 13.9. The molecule has 1 fully saturated rings. The summed E-state index contributed by atoms with van der Waals surface area (Å²) in [6.45, 7) is 6.20. The number of piperazine rings is 1. The van der Waals surface area contributed by atoms with Crippen molar-refractivity contribution < 1.29 is 4.79 Å². The van der Waals surface area contributed by atoms with Crippen LogP contribution in [-0.2, 0) is 0 Å². The van der Waals surface area contributed by atoms with E-state index in [-0.39, 0.29) is 16.9 Å². The second kappa shape index (κ2) is 10.7. The van der Waals surface area contributed by atoms with Gasteiger partial charge in [-0.1, -0.05) is 12.1 Å². The minimum absolute atomic E-state index is 0.154. The molecule has 6 aromatic rings. The Hall–Kier alpha value is -5.36. The smallest absolute Gasteiger partial charge is 0.284 e. The van der Waals surface area contributed by atoms with Gasteiger partial charge in [-0.2, -0.15) is 9.50 Å². The van der Waals surface area contributed by atoms with Gasteiger partial charge in [0.2, 0.25) is 5.95 Å². The number of fused-ring (bicyclic) bond motifs is 4. The number of carbonyl (C=O) groups excluding carboxylic acids is 1. The fraction of sp³-hybridized carbons (Fsp3) is 0.250. The van der Waals surface area contributed by atoms with Gasteiger partial charge in [0.15, 0.2) is 17.1 Å². The summed E-state index contributed by atoms with van der Waals surface area (Å²) in [7, 11) is 5.53. The predicted molar refractivity (Wildman–Crippen MR) is 171 cm³/mol. The molecule has 222 valence electrons. The Bertz CT molecular complexity index is 2110. The first-order valence-corrected chi connectivity index (χ1v) is 14.5. The van der Waals surface area contributed by atoms with E-state index in [1.807, 2.05) is 30.3 Å². The summed E-state index contributed by atoms with van der Waals surface area (Å²) in [6.07, 6.45) is 3.02. The van der Waals surface area contributed by atoms with E-state index in [1.54, 1.807) is 30.9 Å². The molecular weight excluding hydrogens is 556 g/mol. The van der Waals surface area contributed by atoms with Gasteiger partial charge in [0.1, 0.15) is 5.39 Å². The summed E-state index contributed by atoms with van der Waals surface area (Å²) in [6, 6.07) is 17.3. The minimum Gasteiger partial charge on any atom is -0.369 e. The van der Waals surface area contributed by atoms with Gasteiger partial charge in [-0.25, -0.2) is 19.6 Å². The van der Waals surface area contributed by atoms with Crippen molar-refractivity contribution in [1.29, 1.82) is 0 Å². The van der Waals surface area contributed by atoms with Crippen LogP contribution >= 0.6 is 0 Å². The number of nitrogens with zero attached hydrogens (tertiary/aromatic N) is 9. The molecule has 4 aromatic heterocycles. The van der Waals surface area contributed by atoms with Gasteiger partial charge >= 0.3 is 0 Å². The molecule has 2 aromatic carbocycles. The fourth-order valence-corrected chi connectivity index (χ4v) is 5.73. The highest BCUT2D eigenvalue weighted by Crippen LogP contribution is 2.27. The first-order valence-electron chi connectivity index (χ1n) is 14.5. The summed E-state index contributed by atoms with van der Waals surface area (Å²) in [5.41, 5.74) is 4.86. The van der Waals surface area contributed by atoms with Crippen LogP contribution in [0.3, 0.4) is 0 Å². The highest BCUT2D eigenvalue weighted by atomic mass is 16.2. The van der Waals surface area contributed by atoms with Gasteiger partial charge < -0.3 is 20.0 Å². The van der Waals surface area contributed by atoms with Crippen LogP contribution in [0, 0.1) is 6.92 Å². The molecule has 5 heterocycles. The number of amides is 1. The lowest BCUT2D eigenvalue weighted by Crippen LogP contribution is -2.44. The van der Waals surface area contributed by atoms with Crippen molar-refractivity contribution >= 4 is 50.8 Å². The number of hydrogen-bond donors (Lipinski definition) is 1. The zero-order valence-electron chi connectivity index (χ0n) is 25.0. The van der Waals surface area contributed by atoms with Crippen molar-refractivity contribution in [3.8, 4) is 5.82 Å². The number of hydrogen-bond acceptors (Lipinski definition) is 9. The molecule has 1 N–H and O–H groups in total. The zero-order valence-corrected chi connectivity index (χ0v) is 25.0. The lowest BCUT2D eigenvalue weighted by atomic mass is 10.1. The predicted octanol–water partition coefficient (Wildman–Crippen LogP) is 3.48. The van der Waals surface area contributed by atoms with Crippen molar-refractivity contribution in [1.82, 2.24) is 38.9 Å². The van der Waals surface area contributed by atoms with Gasteiger partial charge in [0.05, 0.1) is 11.1 Å². The number of rotatable bonds is 5. The van der Waals surface area contributed by atoms with Crippen LogP contribution in [0.4, 0.5) is 17.3 Å². The van der Waals surface area contributed by atoms with Gasteiger partial charge in [-0.15, -0.1) is 0 Å². The third kappa shape index (κ3) is 4.69. The summed E-state index contributed by atoms with van der Waals surface area (Å²) < 4.78 is 3.19. The molecule has 12 nitrogen and oxygen atoms in total. The number of pyridine rings is 1. The highest BCUT2D eigenvalue weighted by molar-refractivity contribution is 5.96. The third-order valence-corrected chi connectivity index (χ3v) is 8.09. The molecule has 1 aliphatic rings. The number of benzene rings is 2. The van der Waals surface area contributed by atoms with E-state index < -0.39 is 0 Å². The van der Waals surface area contributed by atoms with E-state index in [1.165, 1.54) is 33.1 Å². The Morgan fingerprint density at radius 1 is 0.909 bits per heavy atom. The zero-order chi connectivity index (χ0) is 30.5. The Morgan fingerprint density at radius 2 is 1.70 bits per heavy atom. The second-order valence-corrected chi connectivity index (χ2v) is 11.3. The van der Waals surface area contributed by atoms with Crippen LogP contribution in [0.25, 0.3) is 33.4 Å². The third-order valence-electron chi connectivity index (χ3n) is 8.09. The second-order valence-electron chi connectivity index (χ2n) is 11.3. The molecule has 12 heteroatoms. The molecule has 0 atom stereocenters. The maximum absolute atomic E-state index is 13.9. The number of aromatic nitrogens is 6. The lowest BCUT2D eigenvalue weighted by molar-refractivity contribution is 0.0827. The summed E-state index contributed by atoms with van der Waals surface area (Å²) in [5.74, 6) is 0.676. The van der Waals surface area contributed by atoms with Gasteiger partial charge in [-0.3, -0.25) is 9.59 Å². The topological polar surface area (TPSA) is 117 Å². The largest absolute Gasteiger partial charge is 0.369 e. The van der Waals surface area contributed by atoms with Crippen LogP contribution < -0.4 is 15.8 Å². The number of aryl methyl sites for hydroxylation is 1. The summed E-state index contributed by atoms with van der Waals surface area (Å²) >= 11 is 0. The SMILES string of the molecule is Cc1cc(Nc2ncc3c(=O)n4c(nc3n2)c2ccccc2n4-c2ccc(C(=O)N(C)C)cn2)ccc1N1CCN(C)CC1. The Morgan fingerprint density at radius 3 is 2.43 bits per heavy atom. The maximum Gasteiger partial charge on any atom is 0.284 e. The van der Waals surface area contributed by atoms with E-state index in [9.17, 15) is 9.59 Å². The van der Waals surface area contributed by atoms with Gasteiger partial charge in [0, 0.05) is 69.4 Å². The van der Waals surface area contributed by atoms with Gasteiger partial charge in [-0.05, 0) is 62.0 Å². The van der Waals surface area contributed by atoms with Crippen molar-refractivity contribution in [3.63, 3.8) is 0 Å². The number of anilines is 3. The van der Waals surface area contributed by atoms with Crippen molar-refractivity contribution in [2.24, 2.45) is 0 Å². The first kappa shape index (κ1) is 27.5. The van der Waals surface area contributed by atoms with Crippen LogP contribution in [0.15, 0.2) is 71.8 Å². The molecular formula is C32H32N10O2. The Balaban J connectivity index is 1.27. The number of para-hydroxylation sites is 1. The van der Waals surface area contributed by atoms with Crippen LogP contribution in [0.1, 0.15) is 15.9 Å². The van der Waals surface area contributed by atoms with Gasteiger partial charge in [0.25, 0.3) is 11.5 Å². The number of carbonyl (C=O) groups is 1. The number of nitrogens with one attached hydrogen (secondary N) is 1. The average molecular weight is 589 g/mol. The van der Waals surface area contributed by atoms with Crippen molar-refractivity contribution in [2.75, 3.05) is 57.5 Å². The standard InChI is InChI=1S/C32H32N10O2/c1-20-17-22(10-11-25(20)40-15-13-39(4)14-16-40)35-32-34-19-24-28(37-32)36-29-23-7-5-6-8-26(23)41(42(29)31(24)44)27-12-9-21(18-33-27)30(43)38(2)3/h5-12,17-19H,13-16H2,1-4H3,(H,34,35,37). The molecule has 1 amide bonds. The molecule has 0 spiro atoms. The molecule has 7 rings (SSSR count). The van der Waals surface area contributed by atoms with E-state index in [0.29, 0.717) is 28.6 Å².